The number of ether oxygens (including phenoxy) is 1. The van der Waals surface area contributed by atoms with E-state index in [-0.39, 0.29) is 17.6 Å². The van der Waals surface area contributed by atoms with E-state index in [4.69, 9.17) is 4.74 Å². The number of aromatic nitrogens is 4. The molecule has 1 fully saturated rings. The van der Waals surface area contributed by atoms with Crippen molar-refractivity contribution in [3.63, 3.8) is 0 Å². The molecule has 5 rings (SSSR count). The van der Waals surface area contributed by atoms with Crippen LogP contribution in [-0.4, -0.2) is 50.1 Å². The van der Waals surface area contributed by atoms with Crippen molar-refractivity contribution in [1.29, 1.82) is 0 Å². The topological polar surface area (TPSA) is 72.6 Å². The van der Waals surface area contributed by atoms with Crippen molar-refractivity contribution in [2.45, 2.75) is 37.5 Å². The molecule has 0 N–H and O–H groups in total. The zero-order valence-electron chi connectivity index (χ0n) is 16.5. The number of carbonyl (C=O) groups is 1. The summed E-state index contributed by atoms with van der Waals surface area (Å²) in [7, 11) is 0. The van der Waals surface area contributed by atoms with Crippen molar-refractivity contribution in [3.05, 3.63) is 59.2 Å². The molecule has 0 saturated carbocycles. The summed E-state index contributed by atoms with van der Waals surface area (Å²) >= 11 is 0. The number of hydrogen-bond donors (Lipinski definition) is 0. The molecule has 0 spiro atoms. The summed E-state index contributed by atoms with van der Waals surface area (Å²) in [5.74, 6) is -0.357. The maximum atomic E-state index is 13.5. The summed E-state index contributed by atoms with van der Waals surface area (Å²) in [4.78, 5) is 23.0. The average Bonchev–Trinajstić information content (AvgIpc) is 3.25. The van der Waals surface area contributed by atoms with E-state index in [0.29, 0.717) is 42.7 Å². The van der Waals surface area contributed by atoms with Crippen LogP contribution in [0.15, 0.2) is 36.7 Å². The normalized spacial score (nSPS) is 20.1. The number of alkyl halides is 3. The molecule has 1 atom stereocenters. The maximum Gasteiger partial charge on any atom is 0.433 e. The summed E-state index contributed by atoms with van der Waals surface area (Å²) < 4.78 is 46.8. The fourth-order valence-corrected chi connectivity index (χ4v) is 4.40. The van der Waals surface area contributed by atoms with E-state index in [9.17, 15) is 18.0 Å². The molecule has 7 nitrogen and oxygen atoms in total. The molecule has 0 aliphatic carbocycles. The molecule has 0 radical (unpaired) electrons. The Hall–Kier alpha value is -3.01. The highest BCUT2D eigenvalue weighted by atomic mass is 19.4. The largest absolute Gasteiger partial charge is 0.433 e. The fourth-order valence-electron chi connectivity index (χ4n) is 4.40. The molecule has 1 aromatic carbocycles. The lowest BCUT2D eigenvalue weighted by Crippen LogP contribution is -2.42. The second kappa shape index (κ2) is 7.60. The minimum atomic E-state index is -4.56. The van der Waals surface area contributed by atoms with Crippen molar-refractivity contribution in [2.75, 3.05) is 19.7 Å². The van der Waals surface area contributed by atoms with Crippen LogP contribution in [0.4, 0.5) is 13.2 Å². The summed E-state index contributed by atoms with van der Waals surface area (Å²) in [6.45, 7) is 1.37. The van der Waals surface area contributed by atoms with E-state index < -0.39 is 18.0 Å². The molecular weight excluding hydrogens is 411 g/mol. The lowest BCUT2D eigenvalue weighted by molar-refractivity contribution is -0.146. The van der Waals surface area contributed by atoms with Crippen molar-refractivity contribution < 1.29 is 22.7 Å². The van der Waals surface area contributed by atoms with Crippen molar-refractivity contribution in [3.8, 4) is 0 Å². The molecule has 0 bridgehead atoms. The Bertz CT molecular complexity index is 1120. The first-order valence-corrected chi connectivity index (χ1v) is 10.2. The highest BCUT2D eigenvalue weighted by Crippen LogP contribution is 2.35. The number of carbonyl (C=O) groups excluding carboxylic acids is 1. The maximum absolute atomic E-state index is 13.5. The highest BCUT2D eigenvalue weighted by Gasteiger charge is 2.37. The van der Waals surface area contributed by atoms with Crippen LogP contribution in [0, 0.1) is 0 Å². The Kier molecular flexibility index (Phi) is 4.88. The summed E-state index contributed by atoms with van der Waals surface area (Å²) in [6, 6.07) is 8.82. The van der Waals surface area contributed by atoms with Gasteiger partial charge in [0, 0.05) is 24.7 Å². The third-order valence-electron chi connectivity index (χ3n) is 6.00. The molecule has 4 heterocycles. The zero-order chi connectivity index (χ0) is 21.6. The monoisotopic (exact) mass is 431 g/mol. The highest BCUT2D eigenvalue weighted by molar-refractivity contribution is 5.83. The predicted molar refractivity (Wildman–Crippen MR) is 103 cm³/mol. The van der Waals surface area contributed by atoms with Crippen LogP contribution < -0.4 is 0 Å². The molecule has 2 aliphatic rings. The molecule has 3 aromatic rings. The van der Waals surface area contributed by atoms with Gasteiger partial charge in [0.05, 0.1) is 6.61 Å². The van der Waals surface area contributed by atoms with Gasteiger partial charge in [-0.05, 0) is 36.5 Å². The first-order valence-electron chi connectivity index (χ1n) is 10.2. The number of rotatable bonds is 2. The lowest BCUT2D eigenvalue weighted by Gasteiger charge is -2.35. The number of nitrogens with zero attached hydrogens (tertiary/aromatic N) is 5. The number of piperidine rings is 1. The van der Waals surface area contributed by atoms with E-state index in [1.54, 1.807) is 4.90 Å². The number of amides is 1. The van der Waals surface area contributed by atoms with Gasteiger partial charge in [0.15, 0.2) is 11.8 Å². The number of fused-ring (bicyclic) bond motifs is 2. The zero-order valence-corrected chi connectivity index (χ0v) is 16.5. The average molecular weight is 431 g/mol. The molecule has 2 aliphatic heterocycles. The van der Waals surface area contributed by atoms with Crippen molar-refractivity contribution in [2.24, 2.45) is 0 Å². The number of halogens is 3. The minimum Gasteiger partial charge on any atom is -0.363 e. The third kappa shape index (κ3) is 3.65. The lowest BCUT2D eigenvalue weighted by atomic mass is 9.91. The van der Waals surface area contributed by atoms with Crippen LogP contribution in [0.5, 0.6) is 0 Å². The van der Waals surface area contributed by atoms with Gasteiger partial charge in [-0.15, -0.1) is 0 Å². The van der Waals surface area contributed by atoms with E-state index in [2.05, 4.69) is 15.1 Å². The van der Waals surface area contributed by atoms with E-state index in [1.807, 2.05) is 24.3 Å². The molecular formula is C21H20F3N5O2. The Labute approximate surface area is 175 Å². The molecule has 1 unspecified atom stereocenters. The van der Waals surface area contributed by atoms with Crippen molar-refractivity contribution in [1.82, 2.24) is 24.5 Å². The van der Waals surface area contributed by atoms with Gasteiger partial charge in [-0.2, -0.15) is 27.8 Å². The Balaban J connectivity index is 1.33. The fraction of sp³-hybridized carbons (Fsp3) is 0.429. The second-order valence-electron chi connectivity index (χ2n) is 7.84. The van der Waals surface area contributed by atoms with Gasteiger partial charge in [0.1, 0.15) is 6.33 Å². The Morgan fingerprint density at radius 2 is 1.94 bits per heavy atom. The summed E-state index contributed by atoms with van der Waals surface area (Å²) in [5, 5.41) is 3.63. The number of hydrogen-bond acceptors (Lipinski definition) is 5. The number of benzene rings is 1. The van der Waals surface area contributed by atoms with Gasteiger partial charge >= 0.3 is 6.18 Å². The van der Waals surface area contributed by atoms with E-state index in [0.717, 1.165) is 29.9 Å². The molecule has 162 valence electrons. The third-order valence-corrected chi connectivity index (χ3v) is 6.00. The molecule has 2 aromatic heterocycles. The van der Waals surface area contributed by atoms with Crippen LogP contribution in [0.1, 0.15) is 47.4 Å². The Morgan fingerprint density at radius 3 is 2.71 bits per heavy atom. The first kappa shape index (κ1) is 19.9. The Morgan fingerprint density at radius 1 is 1.16 bits per heavy atom. The predicted octanol–water partition coefficient (Wildman–Crippen LogP) is 3.16. The first-order chi connectivity index (χ1) is 14.9. The molecule has 10 heteroatoms. The SMILES string of the molecule is O=C(C1OCCc2ccccc21)N1CCC(c2cc(C(F)(F)F)n3ncnc3n2)CC1. The molecule has 31 heavy (non-hydrogen) atoms. The number of likely N-dealkylation sites (tertiary alicyclic amines) is 1. The van der Waals surface area contributed by atoms with Gasteiger partial charge < -0.3 is 9.64 Å². The van der Waals surface area contributed by atoms with E-state index >= 15 is 0 Å². The van der Waals surface area contributed by atoms with Crippen LogP contribution >= 0.6 is 0 Å². The van der Waals surface area contributed by atoms with Gasteiger partial charge in [0.25, 0.3) is 11.7 Å². The van der Waals surface area contributed by atoms with E-state index in [1.165, 1.54) is 0 Å². The van der Waals surface area contributed by atoms with Gasteiger partial charge in [-0.1, -0.05) is 24.3 Å². The second-order valence-corrected chi connectivity index (χ2v) is 7.84. The van der Waals surface area contributed by atoms with Crippen molar-refractivity contribution >= 4 is 11.7 Å². The minimum absolute atomic E-state index is 0.0736. The smallest absolute Gasteiger partial charge is 0.363 e. The van der Waals surface area contributed by atoms with Gasteiger partial charge in [0.2, 0.25) is 0 Å². The summed E-state index contributed by atoms with van der Waals surface area (Å²) in [6.07, 6.45) is -2.30. The summed E-state index contributed by atoms with van der Waals surface area (Å²) in [5.41, 5.74) is 1.46. The van der Waals surface area contributed by atoms with Crippen LogP contribution in [-0.2, 0) is 22.1 Å². The van der Waals surface area contributed by atoms with Crippen LogP contribution in [0.2, 0.25) is 0 Å². The quantitative estimate of drug-likeness (QED) is 0.623. The van der Waals surface area contributed by atoms with Crippen LogP contribution in [0.25, 0.3) is 5.78 Å². The molecule has 1 saturated heterocycles. The molecule has 1 amide bonds. The standard InChI is InChI=1S/C21H20F3N5O2/c22-21(23,24)17-11-16(27-20-25-12-26-29(17)20)14-5-8-28(9-6-14)19(30)18-15-4-2-1-3-13(15)7-10-31-18/h1-4,11-12,14,18H,5-10H2. The van der Waals surface area contributed by atoms with Gasteiger partial charge in [-0.25, -0.2) is 4.98 Å². The van der Waals surface area contributed by atoms with Crippen LogP contribution in [0.3, 0.4) is 0 Å². The van der Waals surface area contributed by atoms with Gasteiger partial charge in [-0.3, -0.25) is 4.79 Å².